The van der Waals surface area contributed by atoms with Crippen molar-refractivity contribution in [2.45, 2.75) is 18.1 Å². The zero-order valence-corrected chi connectivity index (χ0v) is 18.0. The molecule has 8 nitrogen and oxygen atoms in total. The van der Waals surface area contributed by atoms with Crippen LogP contribution in [-0.2, 0) is 14.3 Å². The monoisotopic (exact) mass is 438 g/mol. The molecular weight excluding hydrogens is 416 g/mol. The summed E-state index contributed by atoms with van der Waals surface area (Å²) >= 11 is 1.18. The normalized spacial score (nSPS) is 14.3. The fourth-order valence-corrected chi connectivity index (χ4v) is 4.56. The second-order valence-electron chi connectivity index (χ2n) is 7.22. The summed E-state index contributed by atoms with van der Waals surface area (Å²) in [5.41, 5.74) is 1.66. The van der Waals surface area contributed by atoms with Gasteiger partial charge in [0, 0.05) is 7.11 Å². The molecule has 1 aliphatic rings. The average Bonchev–Trinajstić information content (AvgIpc) is 2.77. The van der Waals surface area contributed by atoms with E-state index in [2.05, 4.69) is 10.3 Å². The number of carbonyl (C=O) groups excluding carboxylic acids is 2. The Labute approximate surface area is 183 Å². The Morgan fingerprint density at radius 1 is 1.19 bits per heavy atom. The number of anilines is 2. The van der Waals surface area contributed by atoms with Crippen LogP contribution < -0.4 is 15.8 Å². The summed E-state index contributed by atoms with van der Waals surface area (Å²) in [5.74, 6) is -0.446. The van der Waals surface area contributed by atoms with Crippen LogP contribution in [0.2, 0.25) is 0 Å². The van der Waals surface area contributed by atoms with Crippen LogP contribution >= 0.6 is 11.8 Å². The van der Waals surface area contributed by atoms with E-state index in [1.807, 2.05) is 19.1 Å². The maximum Gasteiger partial charge on any atom is 0.262 e. The predicted molar refractivity (Wildman–Crippen MR) is 121 cm³/mol. The van der Waals surface area contributed by atoms with E-state index in [1.54, 1.807) is 48.1 Å². The van der Waals surface area contributed by atoms with E-state index >= 15 is 0 Å². The molecule has 1 aliphatic heterocycles. The lowest BCUT2D eigenvalue weighted by Gasteiger charge is -2.29. The van der Waals surface area contributed by atoms with Crippen LogP contribution in [0.15, 0.2) is 58.5 Å². The summed E-state index contributed by atoms with van der Waals surface area (Å²) in [6.07, 6.45) is 0. The minimum Gasteiger partial charge on any atom is -0.383 e. The molecule has 1 atom stereocenters. The minimum absolute atomic E-state index is 0.0338. The lowest BCUT2D eigenvalue weighted by Crippen LogP contribution is -2.43. The van der Waals surface area contributed by atoms with Crippen LogP contribution in [0.4, 0.5) is 11.4 Å². The number of benzene rings is 2. The van der Waals surface area contributed by atoms with Crippen LogP contribution in [0.1, 0.15) is 13.0 Å². The topological polar surface area (TPSA) is 93.5 Å². The van der Waals surface area contributed by atoms with Crippen molar-refractivity contribution in [1.29, 1.82) is 0 Å². The van der Waals surface area contributed by atoms with Crippen molar-refractivity contribution >= 4 is 45.9 Å². The van der Waals surface area contributed by atoms with Gasteiger partial charge in [-0.05, 0) is 31.2 Å². The maximum absolute atomic E-state index is 13.1. The molecule has 1 N–H and O–H groups in total. The number of amides is 2. The second-order valence-corrected chi connectivity index (χ2v) is 8.17. The van der Waals surface area contributed by atoms with Gasteiger partial charge in [0.15, 0.2) is 5.16 Å². The summed E-state index contributed by atoms with van der Waals surface area (Å²) in [5, 5.41) is 3.73. The molecule has 0 bridgehead atoms. The molecule has 160 valence electrons. The Morgan fingerprint density at radius 2 is 1.94 bits per heavy atom. The molecule has 1 aromatic heterocycles. The minimum atomic E-state index is -0.256. The molecule has 0 radical (unpaired) electrons. The number of nitrogens with one attached hydrogen (secondary N) is 1. The molecular formula is C22H22N4O4S. The van der Waals surface area contributed by atoms with Gasteiger partial charge in [0.05, 0.1) is 40.7 Å². The van der Waals surface area contributed by atoms with Crippen LogP contribution in [0.5, 0.6) is 0 Å². The Kier molecular flexibility index (Phi) is 6.06. The van der Waals surface area contributed by atoms with Crippen molar-refractivity contribution in [3.8, 4) is 0 Å². The number of carbonyl (C=O) groups is 2. The molecule has 31 heavy (non-hydrogen) atoms. The molecule has 4 rings (SSSR count). The number of aromatic nitrogens is 2. The first-order chi connectivity index (χ1) is 15.0. The number of nitrogens with zero attached hydrogens (tertiary/aromatic N) is 3. The Morgan fingerprint density at radius 3 is 2.74 bits per heavy atom. The highest BCUT2D eigenvalue weighted by molar-refractivity contribution is 7.99. The average molecular weight is 439 g/mol. The fourth-order valence-electron chi connectivity index (χ4n) is 3.59. The zero-order chi connectivity index (χ0) is 22.0. The van der Waals surface area contributed by atoms with Gasteiger partial charge >= 0.3 is 0 Å². The van der Waals surface area contributed by atoms with E-state index in [4.69, 9.17) is 4.74 Å². The number of methoxy groups -OCH3 is 1. The van der Waals surface area contributed by atoms with Crippen LogP contribution in [0.25, 0.3) is 10.9 Å². The van der Waals surface area contributed by atoms with E-state index in [0.717, 1.165) is 0 Å². The summed E-state index contributed by atoms with van der Waals surface area (Å²) in [6, 6.07) is 14.1. The highest BCUT2D eigenvalue weighted by atomic mass is 32.2. The Balaban J connectivity index is 1.64. The first-order valence-corrected chi connectivity index (χ1v) is 10.8. The molecule has 2 heterocycles. The van der Waals surface area contributed by atoms with Crippen molar-refractivity contribution in [3.05, 3.63) is 58.9 Å². The molecule has 9 heteroatoms. The highest BCUT2D eigenvalue weighted by Gasteiger charge is 2.27. The summed E-state index contributed by atoms with van der Waals surface area (Å²) < 4.78 is 6.81. The lowest BCUT2D eigenvalue weighted by molar-refractivity contribution is -0.120. The number of para-hydroxylation sites is 3. The van der Waals surface area contributed by atoms with E-state index in [1.165, 1.54) is 16.7 Å². The molecule has 0 saturated carbocycles. The van der Waals surface area contributed by atoms with Gasteiger partial charge in [-0.3, -0.25) is 19.0 Å². The van der Waals surface area contributed by atoms with E-state index in [0.29, 0.717) is 34.0 Å². The second kappa shape index (κ2) is 8.91. The lowest BCUT2D eigenvalue weighted by atomic mass is 10.2. The van der Waals surface area contributed by atoms with Crippen molar-refractivity contribution in [2.75, 3.05) is 36.2 Å². The van der Waals surface area contributed by atoms with Gasteiger partial charge < -0.3 is 15.0 Å². The van der Waals surface area contributed by atoms with Gasteiger partial charge in [-0.15, -0.1) is 0 Å². The van der Waals surface area contributed by atoms with Crippen molar-refractivity contribution in [1.82, 2.24) is 9.55 Å². The molecule has 0 spiro atoms. The molecule has 3 aromatic rings. The van der Waals surface area contributed by atoms with Gasteiger partial charge in [0.25, 0.3) is 5.56 Å². The van der Waals surface area contributed by atoms with Crippen molar-refractivity contribution < 1.29 is 14.3 Å². The van der Waals surface area contributed by atoms with Crippen molar-refractivity contribution in [2.24, 2.45) is 0 Å². The summed E-state index contributed by atoms with van der Waals surface area (Å²) in [6.45, 7) is 2.16. The van der Waals surface area contributed by atoms with Crippen LogP contribution in [0.3, 0.4) is 0 Å². The van der Waals surface area contributed by atoms with Gasteiger partial charge in [-0.2, -0.15) is 0 Å². The first-order valence-electron chi connectivity index (χ1n) is 9.82. The van der Waals surface area contributed by atoms with Gasteiger partial charge in [0.2, 0.25) is 11.8 Å². The van der Waals surface area contributed by atoms with Gasteiger partial charge in [-0.25, -0.2) is 4.98 Å². The zero-order valence-electron chi connectivity index (χ0n) is 17.2. The summed E-state index contributed by atoms with van der Waals surface area (Å²) in [7, 11) is 1.57. The number of hydrogen-bond acceptors (Lipinski definition) is 6. The maximum atomic E-state index is 13.1. The molecule has 0 fully saturated rings. The quantitative estimate of drug-likeness (QED) is 0.470. The molecule has 0 saturated heterocycles. The smallest absolute Gasteiger partial charge is 0.262 e. The first kappa shape index (κ1) is 21.1. The highest BCUT2D eigenvalue weighted by Crippen LogP contribution is 2.30. The molecule has 2 aromatic carbocycles. The van der Waals surface area contributed by atoms with Gasteiger partial charge in [-0.1, -0.05) is 36.0 Å². The van der Waals surface area contributed by atoms with E-state index in [-0.39, 0.29) is 35.7 Å². The van der Waals surface area contributed by atoms with Crippen LogP contribution in [0, 0.1) is 0 Å². The third kappa shape index (κ3) is 4.19. The number of ether oxygens (including phenoxy) is 1. The third-order valence-corrected chi connectivity index (χ3v) is 5.96. The summed E-state index contributed by atoms with van der Waals surface area (Å²) in [4.78, 5) is 44.3. The van der Waals surface area contributed by atoms with E-state index < -0.39 is 0 Å². The fraction of sp³-hybridized carbons (Fsp3) is 0.273. The third-order valence-electron chi connectivity index (χ3n) is 5.02. The van der Waals surface area contributed by atoms with Crippen LogP contribution in [-0.4, -0.2) is 47.4 Å². The molecule has 0 aliphatic carbocycles. The van der Waals surface area contributed by atoms with Crippen molar-refractivity contribution in [3.63, 3.8) is 0 Å². The Hall–Kier alpha value is -3.17. The SMILES string of the molecule is COCC(C)n1c(SCC(=O)N2CC(=O)Nc3ccccc32)nc2ccccc2c1=O. The molecule has 2 amide bonds. The predicted octanol–water partition coefficient (Wildman–Crippen LogP) is 2.68. The van der Waals surface area contributed by atoms with E-state index in [9.17, 15) is 14.4 Å². The number of fused-ring (bicyclic) bond motifs is 2. The van der Waals surface area contributed by atoms with Gasteiger partial charge in [0.1, 0.15) is 6.54 Å². The number of rotatable bonds is 6. The largest absolute Gasteiger partial charge is 0.383 e. The molecule has 1 unspecified atom stereocenters. The standard InChI is InChI=1S/C22H22N4O4S/c1-14(12-30-2)26-21(29)15-7-3-4-8-16(15)24-22(26)31-13-20(28)25-11-19(27)23-17-9-5-6-10-18(17)25/h3-10,14H,11-13H2,1-2H3,(H,23,27). The Bertz CT molecular complexity index is 1210. The number of thioether (sulfide) groups is 1. The number of hydrogen-bond donors (Lipinski definition) is 1.